The third-order valence-electron chi connectivity index (χ3n) is 12.7. The molecule has 0 heterocycles. The number of carbonyl (C=O) groups is 3. The Hall–Kier alpha value is -1.93. The number of nitrogens with one attached hydrogen (secondary N) is 1. The van der Waals surface area contributed by atoms with E-state index in [0.29, 0.717) is 44.3 Å². The lowest BCUT2D eigenvalue weighted by Crippen LogP contribution is -2.53. The molecule has 3 N–H and O–H groups in total. The first kappa shape index (κ1) is 31.5. The highest BCUT2D eigenvalue weighted by Gasteiger charge is 2.92. The second kappa shape index (κ2) is 10.3. The molecule has 0 saturated heterocycles. The Kier molecular flexibility index (Phi) is 7.74. The van der Waals surface area contributed by atoms with Gasteiger partial charge in [0.15, 0.2) is 0 Å². The summed E-state index contributed by atoms with van der Waals surface area (Å²) in [4.78, 5) is 39.1. The minimum atomic E-state index is -0.677. The van der Waals surface area contributed by atoms with Crippen LogP contribution in [0.2, 0.25) is 0 Å². The maximum atomic E-state index is 13.5. The number of hydrogen-bond donors (Lipinski definition) is 3. The Morgan fingerprint density at radius 2 is 1.83 bits per heavy atom. The van der Waals surface area contributed by atoms with Gasteiger partial charge in [-0.2, -0.15) is 0 Å². The van der Waals surface area contributed by atoms with Crippen LogP contribution in [-0.4, -0.2) is 58.0 Å². The third-order valence-corrected chi connectivity index (χ3v) is 12.7. The molecule has 5 fully saturated rings. The van der Waals surface area contributed by atoms with Crippen molar-refractivity contribution < 1.29 is 34.1 Å². The molecule has 5 saturated carbocycles. The van der Waals surface area contributed by atoms with Crippen molar-refractivity contribution in [1.82, 2.24) is 5.32 Å². The number of ketones is 1. The third kappa shape index (κ3) is 4.56. The average Bonchev–Trinajstić information content (AvgIpc) is 3.26. The number of esters is 1. The van der Waals surface area contributed by atoms with Gasteiger partial charge in [0.25, 0.3) is 0 Å². The lowest BCUT2D eigenvalue weighted by atomic mass is 9.56. The smallest absolute Gasteiger partial charge is 0.407 e. The number of amides is 1. The Morgan fingerprint density at radius 3 is 2.45 bits per heavy atom. The molecule has 5 aliphatic carbocycles. The second-order valence-corrected chi connectivity index (χ2v) is 16.0. The molecule has 2 spiro atoms. The van der Waals surface area contributed by atoms with Gasteiger partial charge in [0.05, 0.1) is 12.2 Å². The molecule has 5 rings (SSSR count). The van der Waals surface area contributed by atoms with E-state index in [1.54, 1.807) is 0 Å². The molecule has 0 bridgehead atoms. The second-order valence-electron chi connectivity index (χ2n) is 16.0. The summed E-state index contributed by atoms with van der Waals surface area (Å²) in [5.74, 6) is 0.264. The zero-order valence-electron chi connectivity index (χ0n) is 26.7. The minimum Gasteiger partial charge on any atom is -0.462 e. The van der Waals surface area contributed by atoms with Gasteiger partial charge in [0.2, 0.25) is 0 Å². The number of rotatable bonds is 6. The van der Waals surface area contributed by atoms with Gasteiger partial charge in [-0.25, -0.2) is 4.79 Å². The van der Waals surface area contributed by atoms with Crippen LogP contribution >= 0.6 is 0 Å². The highest BCUT2D eigenvalue weighted by molar-refractivity contribution is 5.94. The van der Waals surface area contributed by atoms with Crippen molar-refractivity contribution in [2.45, 2.75) is 136 Å². The van der Waals surface area contributed by atoms with Crippen molar-refractivity contribution in [3.05, 3.63) is 12.7 Å². The van der Waals surface area contributed by atoms with Crippen LogP contribution in [0.5, 0.6) is 0 Å². The Bertz CT molecular complexity index is 1130. The van der Waals surface area contributed by atoms with E-state index in [9.17, 15) is 24.6 Å². The molecule has 0 aromatic rings. The van der Waals surface area contributed by atoms with Gasteiger partial charge in [0, 0.05) is 35.1 Å². The van der Waals surface area contributed by atoms with Crippen LogP contribution in [-0.2, 0) is 19.1 Å². The summed E-state index contributed by atoms with van der Waals surface area (Å²) < 4.78 is 11.7. The van der Waals surface area contributed by atoms with Gasteiger partial charge >= 0.3 is 12.1 Å². The fraction of sp³-hybridized carbons (Fsp3) is 0.853. The van der Waals surface area contributed by atoms with E-state index in [0.717, 1.165) is 12.8 Å². The molecule has 0 aromatic heterocycles. The van der Waals surface area contributed by atoms with E-state index in [-0.39, 0.29) is 52.9 Å². The molecule has 1 amide bonds. The topological polar surface area (TPSA) is 122 Å². The number of Topliss-reactive ketones (excluding diaryl/α,β-unsaturated/α-hetero) is 1. The molecular formula is C34H53NO7. The predicted octanol–water partition coefficient (Wildman–Crippen LogP) is 5.34. The number of aliphatic hydroxyl groups excluding tert-OH is 2. The summed E-state index contributed by atoms with van der Waals surface area (Å²) in [5.41, 5.74) is -2.25. The van der Waals surface area contributed by atoms with E-state index in [2.05, 4.69) is 32.7 Å². The van der Waals surface area contributed by atoms with Gasteiger partial charge in [-0.3, -0.25) is 9.59 Å². The SMILES string of the molecule is C=C[C@]1(C)C[C@@H](OC(=O)CC[C@@H]2CC[C@@H](NC(=O)OC(C)(C)C)C[C@H]2O)[C@]2(C)C(C)CC34C(=O)CC[C@@]3([C@@H](C)[C@@H]1O)[C@@H]42. The maximum Gasteiger partial charge on any atom is 0.407 e. The van der Waals surface area contributed by atoms with Gasteiger partial charge in [-0.05, 0) is 94.8 Å². The monoisotopic (exact) mass is 587 g/mol. The fourth-order valence-electron chi connectivity index (χ4n) is 10.5. The normalized spacial score (nSPS) is 47.9. The summed E-state index contributed by atoms with van der Waals surface area (Å²) in [6.45, 7) is 18.1. The van der Waals surface area contributed by atoms with Crippen molar-refractivity contribution in [2.24, 2.45) is 45.3 Å². The summed E-state index contributed by atoms with van der Waals surface area (Å²) in [5, 5.41) is 25.4. The minimum absolute atomic E-state index is 0.0400. The van der Waals surface area contributed by atoms with Crippen LogP contribution < -0.4 is 5.32 Å². The van der Waals surface area contributed by atoms with Crippen molar-refractivity contribution >= 4 is 17.8 Å². The van der Waals surface area contributed by atoms with Crippen molar-refractivity contribution in [1.29, 1.82) is 0 Å². The molecule has 5 aliphatic rings. The molecule has 236 valence electrons. The van der Waals surface area contributed by atoms with Crippen LogP contribution in [0.3, 0.4) is 0 Å². The number of alkyl carbamates (subject to hydrolysis) is 1. The number of aliphatic hydroxyl groups is 2. The largest absolute Gasteiger partial charge is 0.462 e. The number of ether oxygens (including phenoxy) is 2. The van der Waals surface area contributed by atoms with Crippen LogP contribution in [0.15, 0.2) is 12.7 Å². The van der Waals surface area contributed by atoms with E-state index in [1.165, 1.54) is 0 Å². The van der Waals surface area contributed by atoms with Crippen molar-refractivity contribution in [3.63, 3.8) is 0 Å². The van der Waals surface area contributed by atoms with Crippen molar-refractivity contribution in [2.75, 3.05) is 0 Å². The Morgan fingerprint density at radius 1 is 1.14 bits per heavy atom. The quantitative estimate of drug-likeness (QED) is 0.283. The Balaban J connectivity index is 1.26. The van der Waals surface area contributed by atoms with Crippen LogP contribution in [0, 0.1) is 45.3 Å². The molecule has 2 unspecified atom stereocenters. The van der Waals surface area contributed by atoms with Crippen molar-refractivity contribution in [3.8, 4) is 0 Å². The van der Waals surface area contributed by atoms with Crippen LogP contribution in [0.1, 0.15) is 106 Å². The van der Waals surface area contributed by atoms with Gasteiger partial charge in [-0.15, -0.1) is 6.58 Å². The van der Waals surface area contributed by atoms with Gasteiger partial charge in [-0.1, -0.05) is 33.8 Å². The van der Waals surface area contributed by atoms with E-state index in [4.69, 9.17) is 9.47 Å². The first-order valence-corrected chi connectivity index (χ1v) is 16.2. The molecule has 42 heavy (non-hydrogen) atoms. The lowest BCUT2D eigenvalue weighted by molar-refractivity contribution is -0.171. The first-order chi connectivity index (χ1) is 19.5. The van der Waals surface area contributed by atoms with E-state index >= 15 is 0 Å². The predicted molar refractivity (Wildman–Crippen MR) is 158 cm³/mol. The molecule has 12 atom stereocenters. The van der Waals surface area contributed by atoms with E-state index < -0.39 is 40.8 Å². The van der Waals surface area contributed by atoms with Crippen LogP contribution in [0.4, 0.5) is 4.79 Å². The zero-order chi connectivity index (χ0) is 31.0. The molecular weight excluding hydrogens is 534 g/mol. The molecule has 8 nitrogen and oxygen atoms in total. The maximum absolute atomic E-state index is 13.5. The first-order valence-electron chi connectivity index (χ1n) is 16.2. The summed E-state index contributed by atoms with van der Waals surface area (Å²) in [6.07, 6.45) is 4.76. The average molecular weight is 588 g/mol. The molecule has 0 radical (unpaired) electrons. The number of hydrogen-bond acceptors (Lipinski definition) is 7. The molecule has 0 aromatic carbocycles. The zero-order valence-corrected chi connectivity index (χ0v) is 26.7. The highest BCUT2D eigenvalue weighted by Crippen LogP contribution is 2.91. The fourth-order valence-corrected chi connectivity index (χ4v) is 10.5. The lowest BCUT2D eigenvalue weighted by Gasteiger charge is -2.51. The molecule has 0 aliphatic heterocycles. The Labute approximate surface area is 251 Å². The highest BCUT2D eigenvalue weighted by atomic mass is 16.6. The van der Waals surface area contributed by atoms with Gasteiger partial charge < -0.3 is 25.0 Å². The summed E-state index contributed by atoms with van der Waals surface area (Å²) >= 11 is 0. The van der Waals surface area contributed by atoms with E-state index in [1.807, 2.05) is 33.8 Å². The summed E-state index contributed by atoms with van der Waals surface area (Å²) in [7, 11) is 0. The van der Waals surface area contributed by atoms with Crippen LogP contribution in [0.25, 0.3) is 0 Å². The van der Waals surface area contributed by atoms with Gasteiger partial charge in [0.1, 0.15) is 17.5 Å². The molecule has 8 heteroatoms. The number of carbonyl (C=O) groups excluding carboxylic acids is 3. The summed E-state index contributed by atoms with van der Waals surface area (Å²) in [6, 6.07) is -0.164. The standard InChI is InChI=1S/C34H53NO7/c1-9-31(7)18-25(32(8)19(2)17-34-24(37)14-15-33(34,28(32)34)20(3)27(31)39)41-26(38)13-11-21-10-12-22(16-23(21)36)35-29(40)42-30(4,5)6/h9,19-23,25,27-28,36,39H,1,10-18H2,2-8H3,(H,35,40)/t19?,20-,21-,22+,23+,25+,27-,28-,31+,32-,33+,34?/m0/s1.